The SMILES string of the molecule is CC(C)[Si](O[C@@H]1[C@H](C)[C@H](O)[C@H](C)C=C([C@H](O)C2CCCCC2)[C@@H]1C)(C(C)C)C(C)C. The third-order valence-electron chi connectivity index (χ3n) is 8.55. The average molecular weight is 439 g/mol. The molecule has 0 aromatic carbocycles. The third-order valence-corrected chi connectivity index (χ3v) is 14.6. The molecule has 0 aromatic rings. The summed E-state index contributed by atoms with van der Waals surface area (Å²) in [6, 6.07) is 0. The lowest BCUT2D eigenvalue weighted by Crippen LogP contribution is -2.54. The lowest BCUT2D eigenvalue weighted by atomic mass is 9.77. The molecule has 2 rings (SSSR count). The van der Waals surface area contributed by atoms with Crippen LogP contribution in [0.5, 0.6) is 0 Å². The van der Waals surface area contributed by atoms with E-state index < -0.39 is 20.5 Å². The van der Waals surface area contributed by atoms with Gasteiger partial charge in [-0.15, -0.1) is 0 Å². The van der Waals surface area contributed by atoms with Crippen LogP contribution in [0.25, 0.3) is 0 Å². The predicted octanol–water partition coefficient (Wildman–Crippen LogP) is 6.70. The fourth-order valence-electron chi connectivity index (χ4n) is 6.82. The van der Waals surface area contributed by atoms with Crippen LogP contribution < -0.4 is 0 Å². The Labute approximate surface area is 187 Å². The first kappa shape index (κ1) is 26.1. The maximum absolute atomic E-state index is 11.4. The molecule has 1 fully saturated rings. The Morgan fingerprint density at radius 2 is 1.40 bits per heavy atom. The summed E-state index contributed by atoms with van der Waals surface area (Å²) in [7, 11) is -2.10. The zero-order valence-corrected chi connectivity index (χ0v) is 22.2. The zero-order chi connectivity index (χ0) is 22.8. The smallest absolute Gasteiger partial charge is 0.200 e. The largest absolute Gasteiger partial charge is 0.412 e. The third kappa shape index (κ3) is 5.08. The van der Waals surface area contributed by atoms with E-state index in [9.17, 15) is 10.2 Å². The number of aliphatic hydroxyl groups excluding tert-OH is 2. The van der Waals surface area contributed by atoms with E-state index in [1.54, 1.807) is 0 Å². The van der Waals surface area contributed by atoms with Crippen LogP contribution in [0.2, 0.25) is 16.6 Å². The lowest BCUT2D eigenvalue weighted by Gasteiger charge is -2.48. The Morgan fingerprint density at radius 1 is 0.900 bits per heavy atom. The van der Waals surface area contributed by atoms with Crippen molar-refractivity contribution >= 4 is 8.32 Å². The van der Waals surface area contributed by atoms with Crippen LogP contribution in [-0.4, -0.2) is 36.8 Å². The topological polar surface area (TPSA) is 49.7 Å². The predicted molar refractivity (Wildman–Crippen MR) is 130 cm³/mol. The standard InChI is InChI=1S/C26H50O3Si/c1-16(2)30(17(3)4,18(5)6)29-26-20(8)23(15-19(7)24(27)21(26)9)25(28)22-13-11-10-12-14-22/h15-22,24-28H,10-14H2,1-9H3/t19-,20+,21-,24-,25-,26+/m1/s1. The van der Waals surface area contributed by atoms with Gasteiger partial charge >= 0.3 is 0 Å². The Bertz CT molecular complexity index is 543. The molecule has 2 N–H and O–H groups in total. The lowest BCUT2D eigenvalue weighted by molar-refractivity contribution is -0.00645. The van der Waals surface area contributed by atoms with E-state index in [0.717, 1.165) is 18.4 Å². The van der Waals surface area contributed by atoms with Crippen molar-refractivity contribution in [1.82, 2.24) is 0 Å². The molecular formula is C26H50O3Si. The molecule has 6 atom stereocenters. The maximum atomic E-state index is 11.4. The molecule has 0 saturated heterocycles. The molecule has 0 aliphatic heterocycles. The van der Waals surface area contributed by atoms with Gasteiger partial charge in [0.1, 0.15) is 0 Å². The number of hydrogen-bond donors (Lipinski definition) is 2. The molecule has 0 amide bonds. The van der Waals surface area contributed by atoms with Crippen LogP contribution >= 0.6 is 0 Å². The molecule has 2 aliphatic carbocycles. The highest BCUT2D eigenvalue weighted by Gasteiger charge is 2.50. The summed E-state index contributed by atoms with van der Waals surface area (Å²) in [4.78, 5) is 0. The fraction of sp³-hybridized carbons (Fsp3) is 0.923. The van der Waals surface area contributed by atoms with Gasteiger partial charge in [-0.2, -0.15) is 0 Å². The Morgan fingerprint density at radius 3 is 1.87 bits per heavy atom. The fourth-order valence-corrected chi connectivity index (χ4v) is 12.5. The van der Waals surface area contributed by atoms with E-state index in [4.69, 9.17) is 4.43 Å². The second-order valence-electron chi connectivity index (χ2n) is 11.4. The van der Waals surface area contributed by atoms with Gasteiger partial charge in [0.15, 0.2) is 0 Å². The molecular weight excluding hydrogens is 388 g/mol. The van der Waals surface area contributed by atoms with E-state index in [-0.39, 0.29) is 23.9 Å². The molecule has 0 heterocycles. The summed E-state index contributed by atoms with van der Waals surface area (Å²) in [5, 5.41) is 22.6. The summed E-state index contributed by atoms with van der Waals surface area (Å²) in [5.74, 6) is 0.565. The molecule has 1 saturated carbocycles. The molecule has 0 aromatic heterocycles. The van der Waals surface area contributed by atoms with E-state index in [2.05, 4.69) is 68.4 Å². The van der Waals surface area contributed by atoms with Crippen molar-refractivity contribution in [1.29, 1.82) is 0 Å². The van der Waals surface area contributed by atoms with Crippen LogP contribution in [0, 0.1) is 23.7 Å². The van der Waals surface area contributed by atoms with Gasteiger partial charge in [0.05, 0.1) is 18.3 Å². The quantitative estimate of drug-likeness (QED) is 0.343. The normalized spacial score (nSPS) is 33.1. The number of hydrogen-bond acceptors (Lipinski definition) is 3. The van der Waals surface area contributed by atoms with Gasteiger partial charge in [-0.05, 0) is 41.0 Å². The molecule has 176 valence electrons. The summed E-state index contributed by atoms with van der Waals surface area (Å²) in [5.41, 5.74) is 2.64. The molecule has 0 radical (unpaired) electrons. The highest BCUT2D eigenvalue weighted by atomic mass is 28.4. The van der Waals surface area contributed by atoms with Gasteiger partial charge < -0.3 is 14.6 Å². The number of rotatable bonds is 7. The molecule has 0 bridgehead atoms. The number of aliphatic hydroxyl groups is 2. The van der Waals surface area contributed by atoms with Crippen LogP contribution in [0.4, 0.5) is 0 Å². The van der Waals surface area contributed by atoms with Crippen LogP contribution in [0.3, 0.4) is 0 Å². The van der Waals surface area contributed by atoms with Gasteiger partial charge in [-0.3, -0.25) is 0 Å². The molecule has 3 nitrogen and oxygen atoms in total. The minimum Gasteiger partial charge on any atom is -0.412 e. The Hall–Kier alpha value is -0.163. The van der Waals surface area contributed by atoms with Gasteiger partial charge in [-0.25, -0.2) is 0 Å². The van der Waals surface area contributed by atoms with Gasteiger partial charge in [-0.1, -0.05) is 87.7 Å². The first-order chi connectivity index (χ1) is 13.9. The van der Waals surface area contributed by atoms with Crippen molar-refractivity contribution in [2.45, 2.75) is 129 Å². The molecule has 0 spiro atoms. The summed E-state index contributed by atoms with van der Waals surface area (Å²) < 4.78 is 7.28. The van der Waals surface area contributed by atoms with Crippen molar-refractivity contribution in [3.8, 4) is 0 Å². The summed E-state index contributed by atoms with van der Waals surface area (Å²) in [6.45, 7) is 20.4. The average Bonchev–Trinajstić information content (AvgIpc) is 2.77. The van der Waals surface area contributed by atoms with Crippen molar-refractivity contribution in [3.05, 3.63) is 11.6 Å². The highest BCUT2D eigenvalue weighted by Crippen LogP contribution is 2.47. The van der Waals surface area contributed by atoms with Crippen molar-refractivity contribution in [2.24, 2.45) is 23.7 Å². The van der Waals surface area contributed by atoms with Gasteiger partial charge in [0, 0.05) is 17.8 Å². The monoisotopic (exact) mass is 438 g/mol. The van der Waals surface area contributed by atoms with Crippen LogP contribution in [0.1, 0.15) is 94.4 Å². The van der Waals surface area contributed by atoms with Gasteiger partial charge in [0.2, 0.25) is 8.32 Å². The van der Waals surface area contributed by atoms with Crippen LogP contribution in [0.15, 0.2) is 11.6 Å². The second-order valence-corrected chi connectivity index (χ2v) is 16.8. The van der Waals surface area contributed by atoms with E-state index in [1.165, 1.54) is 19.3 Å². The van der Waals surface area contributed by atoms with Crippen molar-refractivity contribution in [2.75, 3.05) is 0 Å². The van der Waals surface area contributed by atoms with E-state index in [1.807, 2.05) is 0 Å². The second kappa shape index (κ2) is 10.6. The van der Waals surface area contributed by atoms with Gasteiger partial charge in [0.25, 0.3) is 0 Å². The minimum absolute atomic E-state index is 0.0394. The van der Waals surface area contributed by atoms with Crippen LogP contribution in [-0.2, 0) is 4.43 Å². The molecule has 0 unspecified atom stereocenters. The maximum Gasteiger partial charge on any atom is 0.200 e. The van der Waals surface area contributed by atoms with E-state index in [0.29, 0.717) is 22.5 Å². The first-order valence-corrected chi connectivity index (χ1v) is 14.8. The Kier molecular flexibility index (Phi) is 9.25. The summed E-state index contributed by atoms with van der Waals surface area (Å²) in [6.07, 6.45) is 7.28. The molecule has 30 heavy (non-hydrogen) atoms. The zero-order valence-electron chi connectivity index (χ0n) is 21.2. The first-order valence-electron chi connectivity index (χ1n) is 12.7. The molecule has 2 aliphatic rings. The van der Waals surface area contributed by atoms with Crippen molar-refractivity contribution < 1.29 is 14.6 Å². The molecule has 4 heteroatoms. The Balaban J connectivity index is 2.43. The van der Waals surface area contributed by atoms with E-state index >= 15 is 0 Å². The van der Waals surface area contributed by atoms with Crippen molar-refractivity contribution in [3.63, 3.8) is 0 Å². The minimum atomic E-state index is -2.10. The highest BCUT2D eigenvalue weighted by molar-refractivity contribution is 6.77. The summed E-state index contributed by atoms with van der Waals surface area (Å²) >= 11 is 0.